The van der Waals surface area contributed by atoms with Crippen molar-refractivity contribution >= 4 is 0 Å². The largest absolute Gasteiger partial charge is 0.393 e. The minimum atomic E-state index is -0.522. The normalized spacial score (nSPS) is 31.4. The maximum atomic E-state index is 13.2. The Morgan fingerprint density at radius 3 is 2.53 bits per heavy atom. The molecule has 1 saturated heterocycles. The lowest BCUT2D eigenvalue weighted by Gasteiger charge is -2.28. The zero-order chi connectivity index (χ0) is 13.4. The lowest BCUT2D eigenvalue weighted by atomic mass is 9.80. The van der Waals surface area contributed by atoms with Crippen molar-refractivity contribution in [1.29, 1.82) is 0 Å². The van der Waals surface area contributed by atoms with Gasteiger partial charge in [0.05, 0.1) is 6.10 Å². The molecule has 0 bridgehead atoms. The van der Waals surface area contributed by atoms with Gasteiger partial charge in [-0.05, 0) is 36.5 Å². The van der Waals surface area contributed by atoms with Gasteiger partial charge in [-0.3, -0.25) is 4.90 Å². The van der Waals surface area contributed by atoms with Gasteiger partial charge >= 0.3 is 0 Å². The molecule has 1 aromatic carbocycles. The summed E-state index contributed by atoms with van der Waals surface area (Å²) >= 11 is 0. The minimum absolute atomic E-state index is 0.201. The number of nitrogens with zero attached hydrogens (tertiary/aromatic N) is 1. The van der Waals surface area contributed by atoms with E-state index < -0.39 is 11.6 Å². The summed E-state index contributed by atoms with van der Waals surface area (Å²) in [4.78, 5) is 2.21. The third-order valence-corrected chi connectivity index (χ3v) is 4.46. The number of halogens is 2. The SMILES string of the molecule is O[C@@H]1CCC[C@@H]2CN(Cc3cc(F)cc(F)c3)C[C@@H]21. The fourth-order valence-corrected chi connectivity index (χ4v) is 3.62. The Kier molecular flexibility index (Phi) is 3.54. The van der Waals surface area contributed by atoms with E-state index in [1.54, 1.807) is 0 Å². The summed E-state index contributed by atoms with van der Waals surface area (Å²) in [6.45, 7) is 2.33. The standard InChI is InChI=1S/C15H19F2NO/c16-12-4-10(5-13(17)6-12)7-18-8-11-2-1-3-15(19)14(11)9-18/h4-6,11,14-15,19H,1-3,7-9H2/t11-,14+,15-/m1/s1. The summed E-state index contributed by atoms with van der Waals surface area (Å²) in [6.07, 6.45) is 2.94. The van der Waals surface area contributed by atoms with Gasteiger partial charge in [-0.2, -0.15) is 0 Å². The molecule has 1 N–H and O–H groups in total. The van der Waals surface area contributed by atoms with Gasteiger partial charge < -0.3 is 5.11 Å². The first-order valence-electron chi connectivity index (χ1n) is 6.97. The molecule has 0 radical (unpaired) electrons. The smallest absolute Gasteiger partial charge is 0.126 e. The fourth-order valence-electron chi connectivity index (χ4n) is 3.62. The van der Waals surface area contributed by atoms with Crippen LogP contribution < -0.4 is 0 Å². The molecule has 1 aliphatic heterocycles. The molecule has 1 aromatic rings. The predicted octanol–water partition coefficient (Wildman–Crippen LogP) is 2.56. The minimum Gasteiger partial charge on any atom is -0.393 e. The van der Waals surface area contributed by atoms with Crippen LogP contribution in [0.5, 0.6) is 0 Å². The van der Waals surface area contributed by atoms with Gasteiger partial charge in [0, 0.05) is 31.6 Å². The number of aliphatic hydroxyl groups excluding tert-OH is 1. The Labute approximate surface area is 112 Å². The Balaban J connectivity index is 1.68. The Bertz CT molecular complexity index is 445. The summed E-state index contributed by atoms with van der Waals surface area (Å²) in [5.74, 6) is -0.160. The van der Waals surface area contributed by atoms with Gasteiger partial charge in [0.15, 0.2) is 0 Å². The van der Waals surface area contributed by atoms with E-state index in [9.17, 15) is 13.9 Å². The molecule has 0 amide bonds. The fraction of sp³-hybridized carbons (Fsp3) is 0.600. The lowest BCUT2D eigenvalue weighted by molar-refractivity contribution is 0.0547. The summed E-state index contributed by atoms with van der Waals surface area (Å²) in [5, 5.41) is 10.0. The second-order valence-electron chi connectivity index (χ2n) is 5.89. The number of hydrogen-bond acceptors (Lipinski definition) is 2. The topological polar surface area (TPSA) is 23.5 Å². The summed E-state index contributed by atoms with van der Waals surface area (Å²) < 4.78 is 26.3. The molecule has 0 aromatic heterocycles. The molecule has 104 valence electrons. The summed E-state index contributed by atoms with van der Waals surface area (Å²) in [5.41, 5.74) is 0.672. The van der Waals surface area contributed by atoms with Gasteiger partial charge in [0.1, 0.15) is 11.6 Å². The molecule has 3 rings (SSSR count). The molecule has 2 aliphatic rings. The zero-order valence-electron chi connectivity index (χ0n) is 10.9. The van der Waals surface area contributed by atoms with Gasteiger partial charge in [0.2, 0.25) is 0 Å². The van der Waals surface area contributed by atoms with Crippen LogP contribution in [0.15, 0.2) is 18.2 Å². The van der Waals surface area contributed by atoms with Crippen LogP contribution in [0.2, 0.25) is 0 Å². The zero-order valence-corrected chi connectivity index (χ0v) is 10.9. The lowest BCUT2D eigenvalue weighted by Crippen LogP contribution is -2.31. The Morgan fingerprint density at radius 2 is 1.84 bits per heavy atom. The highest BCUT2D eigenvalue weighted by molar-refractivity contribution is 5.18. The molecule has 1 aliphatic carbocycles. The maximum absolute atomic E-state index is 13.2. The van der Waals surface area contributed by atoms with E-state index in [1.807, 2.05) is 0 Å². The van der Waals surface area contributed by atoms with Crippen LogP contribution in [-0.2, 0) is 6.54 Å². The molecular formula is C15H19F2NO. The number of hydrogen-bond donors (Lipinski definition) is 1. The number of likely N-dealkylation sites (tertiary alicyclic amines) is 1. The van der Waals surface area contributed by atoms with Crippen molar-refractivity contribution in [1.82, 2.24) is 4.90 Å². The molecule has 0 unspecified atom stereocenters. The van der Waals surface area contributed by atoms with Crippen molar-refractivity contribution in [2.24, 2.45) is 11.8 Å². The van der Waals surface area contributed by atoms with E-state index in [0.717, 1.165) is 38.4 Å². The van der Waals surface area contributed by atoms with Crippen LogP contribution in [0.1, 0.15) is 24.8 Å². The van der Waals surface area contributed by atoms with Gasteiger partial charge in [-0.25, -0.2) is 8.78 Å². The van der Waals surface area contributed by atoms with Gasteiger partial charge in [0.25, 0.3) is 0 Å². The molecule has 3 atom stereocenters. The van der Waals surface area contributed by atoms with Crippen LogP contribution in [-0.4, -0.2) is 29.2 Å². The van der Waals surface area contributed by atoms with E-state index >= 15 is 0 Å². The first kappa shape index (κ1) is 13.0. The maximum Gasteiger partial charge on any atom is 0.126 e. The Morgan fingerprint density at radius 1 is 1.11 bits per heavy atom. The van der Waals surface area contributed by atoms with Crippen molar-refractivity contribution in [2.45, 2.75) is 31.9 Å². The van der Waals surface area contributed by atoms with Crippen LogP contribution in [0, 0.1) is 23.5 Å². The third kappa shape index (κ3) is 2.79. The predicted molar refractivity (Wildman–Crippen MR) is 68.5 cm³/mol. The average molecular weight is 267 g/mol. The highest BCUT2D eigenvalue weighted by atomic mass is 19.1. The molecule has 1 heterocycles. The third-order valence-electron chi connectivity index (χ3n) is 4.46. The summed E-state index contributed by atoms with van der Waals surface area (Å²) in [6, 6.07) is 3.68. The van der Waals surface area contributed by atoms with Crippen molar-refractivity contribution in [3.8, 4) is 0 Å². The Hall–Kier alpha value is -1.00. The molecule has 1 saturated carbocycles. The monoisotopic (exact) mass is 267 g/mol. The van der Waals surface area contributed by atoms with Crippen molar-refractivity contribution in [3.63, 3.8) is 0 Å². The average Bonchev–Trinajstić information content (AvgIpc) is 2.71. The van der Waals surface area contributed by atoms with Crippen LogP contribution in [0.4, 0.5) is 8.78 Å². The van der Waals surface area contributed by atoms with Crippen LogP contribution in [0.25, 0.3) is 0 Å². The number of aliphatic hydroxyl groups is 1. The second-order valence-corrected chi connectivity index (χ2v) is 5.89. The van der Waals surface area contributed by atoms with Crippen LogP contribution >= 0.6 is 0 Å². The van der Waals surface area contributed by atoms with E-state index in [-0.39, 0.29) is 6.10 Å². The van der Waals surface area contributed by atoms with Gasteiger partial charge in [-0.1, -0.05) is 6.42 Å². The van der Waals surface area contributed by atoms with Crippen molar-refractivity contribution < 1.29 is 13.9 Å². The highest BCUT2D eigenvalue weighted by Gasteiger charge is 2.39. The number of fused-ring (bicyclic) bond motifs is 1. The number of benzene rings is 1. The second kappa shape index (κ2) is 5.17. The quantitative estimate of drug-likeness (QED) is 0.890. The van der Waals surface area contributed by atoms with E-state index in [0.29, 0.717) is 23.9 Å². The van der Waals surface area contributed by atoms with Gasteiger partial charge in [-0.15, -0.1) is 0 Å². The highest BCUT2D eigenvalue weighted by Crippen LogP contribution is 2.36. The van der Waals surface area contributed by atoms with E-state index in [1.165, 1.54) is 12.1 Å². The molecule has 4 heteroatoms. The molecular weight excluding hydrogens is 248 g/mol. The van der Waals surface area contributed by atoms with Crippen LogP contribution in [0.3, 0.4) is 0 Å². The van der Waals surface area contributed by atoms with Crippen molar-refractivity contribution in [3.05, 3.63) is 35.4 Å². The molecule has 2 fully saturated rings. The first-order chi connectivity index (χ1) is 9.11. The molecule has 2 nitrogen and oxygen atoms in total. The van der Waals surface area contributed by atoms with Crippen molar-refractivity contribution in [2.75, 3.05) is 13.1 Å². The molecule has 19 heavy (non-hydrogen) atoms. The number of rotatable bonds is 2. The van der Waals surface area contributed by atoms with E-state index in [4.69, 9.17) is 0 Å². The first-order valence-corrected chi connectivity index (χ1v) is 6.97. The molecule has 0 spiro atoms. The van der Waals surface area contributed by atoms with E-state index in [2.05, 4.69) is 4.90 Å². The summed E-state index contributed by atoms with van der Waals surface area (Å²) in [7, 11) is 0.